The van der Waals surface area contributed by atoms with Crippen molar-refractivity contribution >= 4 is 33.7 Å². The first kappa shape index (κ1) is 24.2. The van der Waals surface area contributed by atoms with Crippen molar-refractivity contribution in [2.24, 2.45) is 4.99 Å². The second kappa shape index (κ2) is 8.84. The summed E-state index contributed by atoms with van der Waals surface area (Å²) < 4.78 is 46.0. The predicted octanol–water partition coefficient (Wildman–Crippen LogP) is 3.97. The van der Waals surface area contributed by atoms with Gasteiger partial charge in [0.1, 0.15) is 17.0 Å². The van der Waals surface area contributed by atoms with Crippen LogP contribution in [0.5, 0.6) is 0 Å². The fraction of sp³-hybridized carbons (Fsp3) is 0.619. The summed E-state index contributed by atoms with van der Waals surface area (Å²) in [6.45, 7) is 6.06. The minimum absolute atomic E-state index is 0.191. The lowest BCUT2D eigenvalue weighted by Crippen LogP contribution is -2.44. The van der Waals surface area contributed by atoms with Crippen molar-refractivity contribution in [2.75, 3.05) is 6.54 Å². The Morgan fingerprint density at radius 3 is 2.44 bits per heavy atom. The molecule has 0 N–H and O–H groups in total. The van der Waals surface area contributed by atoms with Crippen LogP contribution in [-0.4, -0.2) is 39.6 Å². The SMILES string of the molecule is Cc1c(C=NCC(=O)OC(C)(C)C)sc2c1c(=O)n(C1CCC1)c(=O)n2CCC(F)(F)F. The average Bonchev–Trinajstić information content (AvgIpc) is 2.91. The number of aromatic nitrogens is 2. The molecule has 0 aromatic carbocycles. The molecule has 2 heterocycles. The Morgan fingerprint density at radius 1 is 1.25 bits per heavy atom. The van der Waals surface area contributed by atoms with Crippen LogP contribution in [0, 0.1) is 6.92 Å². The number of hydrogen-bond donors (Lipinski definition) is 0. The quantitative estimate of drug-likeness (QED) is 0.470. The van der Waals surface area contributed by atoms with E-state index in [2.05, 4.69) is 4.99 Å². The molecule has 32 heavy (non-hydrogen) atoms. The van der Waals surface area contributed by atoms with Crippen molar-refractivity contribution in [1.29, 1.82) is 0 Å². The van der Waals surface area contributed by atoms with Gasteiger partial charge in [-0.3, -0.25) is 23.7 Å². The number of carbonyl (C=O) groups is 1. The van der Waals surface area contributed by atoms with Crippen molar-refractivity contribution < 1.29 is 22.7 Å². The molecule has 0 aliphatic heterocycles. The molecule has 0 spiro atoms. The lowest BCUT2D eigenvalue weighted by molar-refractivity contribution is -0.152. The Balaban J connectivity index is 2.04. The third-order valence-corrected chi connectivity index (χ3v) is 6.44. The van der Waals surface area contributed by atoms with E-state index in [1.54, 1.807) is 27.7 Å². The maximum Gasteiger partial charge on any atom is 0.390 e. The Morgan fingerprint density at radius 2 is 1.91 bits per heavy atom. The molecule has 11 heteroatoms. The number of carbonyl (C=O) groups excluding carboxylic acids is 1. The van der Waals surface area contributed by atoms with Gasteiger partial charge in [-0.15, -0.1) is 11.3 Å². The van der Waals surface area contributed by atoms with Crippen LogP contribution in [0.15, 0.2) is 14.6 Å². The molecule has 2 aromatic rings. The largest absolute Gasteiger partial charge is 0.459 e. The van der Waals surface area contributed by atoms with Crippen LogP contribution >= 0.6 is 11.3 Å². The molecule has 7 nitrogen and oxygen atoms in total. The zero-order valence-electron chi connectivity index (χ0n) is 18.4. The number of thiophene rings is 1. The maximum atomic E-state index is 13.1. The molecular weight excluding hydrogens is 447 g/mol. The molecule has 1 aliphatic carbocycles. The van der Waals surface area contributed by atoms with Crippen molar-refractivity contribution in [2.45, 2.75) is 77.7 Å². The number of aryl methyl sites for hydroxylation is 2. The van der Waals surface area contributed by atoms with Gasteiger partial charge in [-0.05, 0) is 52.5 Å². The van der Waals surface area contributed by atoms with Crippen LogP contribution in [0.4, 0.5) is 13.2 Å². The van der Waals surface area contributed by atoms with E-state index >= 15 is 0 Å². The van der Waals surface area contributed by atoms with Crippen molar-refractivity contribution in [3.05, 3.63) is 31.3 Å². The minimum atomic E-state index is -4.44. The topological polar surface area (TPSA) is 82.7 Å². The molecule has 0 atom stereocenters. The van der Waals surface area contributed by atoms with Gasteiger partial charge in [-0.2, -0.15) is 13.2 Å². The van der Waals surface area contributed by atoms with Crippen molar-refractivity contribution in [3.63, 3.8) is 0 Å². The molecule has 1 saturated carbocycles. The van der Waals surface area contributed by atoms with Gasteiger partial charge in [0, 0.05) is 18.8 Å². The first-order valence-electron chi connectivity index (χ1n) is 10.4. The minimum Gasteiger partial charge on any atom is -0.459 e. The lowest BCUT2D eigenvalue weighted by atomic mass is 9.93. The fourth-order valence-corrected chi connectivity index (χ4v) is 4.70. The smallest absolute Gasteiger partial charge is 0.390 e. The number of halogens is 3. The van der Waals surface area contributed by atoms with Gasteiger partial charge in [0.05, 0.1) is 16.7 Å². The maximum absolute atomic E-state index is 13.1. The number of ether oxygens (including phenoxy) is 1. The van der Waals surface area contributed by atoms with Crippen LogP contribution in [0.1, 0.15) is 62.9 Å². The summed E-state index contributed by atoms with van der Waals surface area (Å²) in [5.41, 5.74) is -1.33. The molecule has 2 aromatic heterocycles. The summed E-state index contributed by atoms with van der Waals surface area (Å²) in [7, 11) is 0. The Hall–Kier alpha value is -2.43. The van der Waals surface area contributed by atoms with Crippen LogP contribution in [0.2, 0.25) is 0 Å². The second-order valence-corrected chi connectivity index (χ2v) is 9.92. The number of aliphatic imine (C=N–C) groups is 1. The van der Waals surface area contributed by atoms with Crippen LogP contribution in [0.25, 0.3) is 10.2 Å². The molecule has 176 valence electrons. The first-order valence-corrected chi connectivity index (χ1v) is 11.2. The van der Waals surface area contributed by atoms with Gasteiger partial charge in [-0.1, -0.05) is 0 Å². The molecular formula is C21H26F3N3O4S. The predicted molar refractivity (Wildman–Crippen MR) is 117 cm³/mol. The highest BCUT2D eigenvalue weighted by Gasteiger charge is 2.30. The molecule has 1 aliphatic rings. The van der Waals surface area contributed by atoms with E-state index in [1.807, 2.05) is 0 Å². The Labute approximate surface area is 186 Å². The van der Waals surface area contributed by atoms with Crippen molar-refractivity contribution in [1.82, 2.24) is 9.13 Å². The summed E-state index contributed by atoms with van der Waals surface area (Å²) in [6.07, 6.45) is -2.06. The van der Waals surface area contributed by atoms with E-state index in [0.717, 1.165) is 26.9 Å². The van der Waals surface area contributed by atoms with E-state index < -0.39 is 42.0 Å². The molecule has 0 saturated heterocycles. The van der Waals surface area contributed by atoms with Gasteiger partial charge in [0.25, 0.3) is 5.56 Å². The fourth-order valence-electron chi connectivity index (χ4n) is 3.48. The highest BCUT2D eigenvalue weighted by Crippen LogP contribution is 2.32. The average molecular weight is 474 g/mol. The molecule has 0 unspecified atom stereocenters. The molecule has 3 rings (SSSR count). The number of nitrogens with zero attached hydrogens (tertiary/aromatic N) is 3. The third kappa shape index (κ3) is 5.31. The number of alkyl halides is 3. The summed E-state index contributed by atoms with van der Waals surface area (Å²) in [4.78, 5) is 42.7. The second-order valence-electron chi connectivity index (χ2n) is 8.89. The highest BCUT2D eigenvalue weighted by atomic mass is 32.1. The van der Waals surface area contributed by atoms with Crippen LogP contribution in [0.3, 0.4) is 0 Å². The monoisotopic (exact) mass is 473 g/mol. The summed E-state index contributed by atoms with van der Waals surface area (Å²) in [6, 6.07) is -0.292. The standard InChI is InChI=1S/C21H26F3N3O4S/c1-12-14(10-25-11-15(28)31-20(2,3)4)32-18-16(12)17(29)27(13-6-5-7-13)19(30)26(18)9-8-21(22,23)24/h10,13H,5-9,11H2,1-4H3. The zero-order valence-corrected chi connectivity index (χ0v) is 19.2. The van der Waals surface area contributed by atoms with E-state index in [-0.39, 0.29) is 22.8 Å². The van der Waals surface area contributed by atoms with Gasteiger partial charge in [0.2, 0.25) is 0 Å². The zero-order chi connectivity index (χ0) is 23.8. The number of fused-ring (bicyclic) bond motifs is 1. The van der Waals surface area contributed by atoms with E-state index in [0.29, 0.717) is 23.3 Å². The van der Waals surface area contributed by atoms with Gasteiger partial charge in [-0.25, -0.2) is 4.79 Å². The molecule has 0 radical (unpaired) electrons. The number of esters is 1. The lowest BCUT2D eigenvalue weighted by Gasteiger charge is -2.27. The van der Waals surface area contributed by atoms with Crippen molar-refractivity contribution in [3.8, 4) is 0 Å². The Bertz CT molecular complexity index is 1160. The van der Waals surface area contributed by atoms with Crippen LogP contribution in [-0.2, 0) is 16.1 Å². The van der Waals surface area contributed by atoms with Gasteiger partial charge < -0.3 is 4.74 Å². The third-order valence-electron chi connectivity index (χ3n) is 5.19. The van der Waals surface area contributed by atoms with Crippen LogP contribution < -0.4 is 11.2 Å². The van der Waals surface area contributed by atoms with E-state index in [1.165, 1.54) is 6.21 Å². The number of rotatable bonds is 6. The summed E-state index contributed by atoms with van der Waals surface area (Å²) in [5.74, 6) is -0.526. The summed E-state index contributed by atoms with van der Waals surface area (Å²) in [5, 5.41) is 0.224. The molecule has 0 bridgehead atoms. The Kier molecular flexibility index (Phi) is 6.69. The molecule has 0 amide bonds. The van der Waals surface area contributed by atoms with E-state index in [9.17, 15) is 27.6 Å². The van der Waals surface area contributed by atoms with E-state index in [4.69, 9.17) is 4.74 Å². The summed E-state index contributed by atoms with van der Waals surface area (Å²) >= 11 is 1.02. The van der Waals surface area contributed by atoms with Gasteiger partial charge >= 0.3 is 17.8 Å². The highest BCUT2D eigenvalue weighted by molar-refractivity contribution is 7.20. The van der Waals surface area contributed by atoms with Gasteiger partial charge in [0.15, 0.2) is 0 Å². The normalized spacial score (nSPS) is 15.5. The number of hydrogen-bond acceptors (Lipinski definition) is 6. The first-order chi connectivity index (χ1) is 14.8. The molecule has 1 fully saturated rings.